The fourth-order valence-electron chi connectivity index (χ4n) is 2.03. The average molecular weight is 300 g/mol. The SMILES string of the molecule is N#Cc1oc2ccccc2c1Oc1ccc(CO)c(Cl)c1. The normalized spacial score (nSPS) is 10.5. The number of ether oxygens (including phenoxy) is 1. The van der Waals surface area contributed by atoms with Crippen molar-refractivity contribution in [3.8, 4) is 17.6 Å². The van der Waals surface area contributed by atoms with Crippen molar-refractivity contribution in [2.45, 2.75) is 6.61 Å². The van der Waals surface area contributed by atoms with Gasteiger partial charge in [-0.2, -0.15) is 5.26 Å². The largest absolute Gasteiger partial charge is 0.452 e. The van der Waals surface area contributed by atoms with Crippen LogP contribution in [0, 0.1) is 11.3 Å². The maximum absolute atomic E-state index is 9.15. The monoisotopic (exact) mass is 299 g/mol. The molecule has 104 valence electrons. The number of hydrogen-bond donors (Lipinski definition) is 1. The summed E-state index contributed by atoms with van der Waals surface area (Å²) in [6, 6.07) is 14.2. The number of rotatable bonds is 3. The van der Waals surface area contributed by atoms with Crippen LogP contribution >= 0.6 is 11.6 Å². The first-order valence-corrected chi connectivity index (χ1v) is 6.59. The van der Waals surface area contributed by atoms with Gasteiger partial charge < -0.3 is 14.3 Å². The summed E-state index contributed by atoms with van der Waals surface area (Å²) in [5.74, 6) is 0.944. The van der Waals surface area contributed by atoms with Crippen molar-refractivity contribution in [3.63, 3.8) is 0 Å². The predicted octanol–water partition coefficient (Wildman–Crippen LogP) is 4.24. The van der Waals surface area contributed by atoms with Crippen molar-refractivity contribution < 1.29 is 14.3 Å². The van der Waals surface area contributed by atoms with Crippen molar-refractivity contribution in [2.24, 2.45) is 0 Å². The molecule has 2 aromatic carbocycles. The topological polar surface area (TPSA) is 66.4 Å². The Morgan fingerprint density at radius 2 is 2.05 bits per heavy atom. The molecule has 1 N–H and O–H groups in total. The zero-order valence-corrected chi connectivity index (χ0v) is 11.6. The molecule has 0 saturated carbocycles. The minimum absolute atomic E-state index is 0.110. The van der Waals surface area contributed by atoms with E-state index in [1.807, 2.05) is 24.3 Å². The van der Waals surface area contributed by atoms with E-state index in [0.717, 1.165) is 5.39 Å². The van der Waals surface area contributed by atoms with E-state index in [4.69, 9.17) is 31.1 Å². The van der Waals surface area contributed by atoms with Gasteiger partial charge in [0.1, 0.15) is 17.4 Å². The Morgan fingerprint density at radius 1 is 1.24 bits per heavy atom. The lowest BCUT2D eigenvalue weighted by atomic mass is 10.2. The third-order valence-electron chi connectivity index (χ3n) is 3.07. The summed E-state index contributed by atoms with van der Waals surface area (Å²) >= 11 is 6.03. The Balaban J connectivity index is 2.05. The van der Waals surface area contributed by atoms with Gasteiger partial charge in [-0.3, -0.25) is 0 Å². The molecule has 1 aromatic heterocycles. The lowest BCUT2D eigenvalue weighted by Crippen LogP contribution is -1.89. The van der Waals surface area contributed by atoms with E-state index in [1.54, 1.807) is 24.3 Å². The van der Waals surface area contributed by atoms with Gasteiger partial charge in [0.2, 0.25) is 5.76 Å². The second kappa shape index (κ2) is 5.49. The maximum atomic E-state index is 9.15. The van der Waals surface area contributed by atoms with E-state index in [-0.39, 0.29) is 12.4 Å². The molecule has 5 heteroatoms. The van der Waals surface area contributed by atoms with Gasteiger partial charge >= 0.3 is 0 Å². The van der Waals surface area contributed by atoms with Crippen LogP contribution in [-0.4, -0.2) is 5.11 Å². The summed E-state index contributed by atoms with van der Waals surface area (Å²) in [4.78, 5) is 0. The third-order valence-corrected chi connectivity index (χ3v) is 3.42. The summed E-state index contributed by atoms with van der Waals surface area (Å²) in [7, 11) is 0. The van der Waals surface area contributed by atoms with E-state index >= 15 is 0 Å². The molecule has 4 nitrogen and oxygen atoms in total. The van der Waals surface area contributed by atoms with Gasteiger partial charge in [0.15, 0.2) is 5.75 Å². The number of para-hydroxylation sites is 1. The number of nitriles is 1. The van der Waals surface area contributed by atoms with E-state index in [1.165, 1.54) is 0 Å². The van der Waals surface area contributed by atoms with Gasteiger partial charge in [0.25, 0.3) is 0 Å². The Bertz CT molecular complexity index is 848. The third kappa shape index (κ3) is 2.45. The van der Waals surface area contributed by atoms with Gasteiger partial charge in [-0.15, -0.1) is 0 Å². The van der Waals surface area contributed by atoms with Crippen LogP contribution in [0.25, 0.3) is 11.0 Å². The molecular formula is C16H10ClNO3. The predicted molar refractivity (Wildman–Crippen MR) is 78.4 cm³/mol. The molecule has 21 heavy (non-hydrogen) atoms. The number of hydrogen-bond acceptors (Lipinski definition) is 4. The van der Waals surface area contributed by atoms with E-state index in [2.05, 4.69) is 0 Å². The first kappa shape index (κ1) is 13.5. The standard InChI is InChI=1S/C16H10ClNO3/c17-13-7-11(6-5-10(13)9-19)20-16-12-3-1-2-4-14(12)21-15(16)8-18/h1-7,19H,9H2. The van der Waals surface area contributed by atoms with Crippen LogP contribution in [0.15, 0.2) is 46.9 Å². The highest BCUT2D eigenvalue weighted by atomic mass is 35.5. The van der Waals surface area contributed by atoms with E-state index in [0.29, 0.717) is 27.7 Å². The van der Waals surface area contributed by atoms with Gasteiger partial charge in [-0.05, 0) is 29.8 Å². The highest BCUT2D eigenvalue weighted by molar-refractivity contribution is 6.31. The van der Waals surface area contributed by atoms with Gasteiger partial charge in [-0.1, -0.05) is 29.8 Å². The zero-order valence-electron chi connectivity index (χ0n) is 10.8. The lowest BCUT2D eigenvalue weighted by molar-refractivity contribution is 0.282. The Labute approximate surface area is 125 Å². The van der Waals surface area contributed by atoms with Crippen molar-refractivity contribution in [1.82, 2.24) is 0 Å². The van der Waals surface area contributed by atoms with Crippen molar-refractivity contribution >= 4 is 22.6 Å². The number of fused-ring (bicyclic) bond motifs is 1. The highest BCUT2D eigenvalue weighted by Gasteiger charge is 2.16. The molecular weight excluding hydrogens is 290 g/mol. The fraction of sp³-hybridized carbons (Fsp3) is 0.0625. The summed E-state index contributed by atoms with van der Waals surface area (Å²) in [6.07, 6.45) is 0. The maximum Gasteiger partial charge on any atom is 0.247 e. The second-order valence-electron chi connectivity index (χ2n) is 4.38. The molecule has 0 aliphatic rings. The van der Waals surface area contributed by atoms with E-state index in [9.17, 15) is 0 Å². The van der Waals surface area contributed by atoms with Crippen LogP contribution in [0.3, 0.4) is 0 Å². The molecule has 3 rings (SSSR count). The fourth-order valence-corrected chi connectivity index (χ4v) is 2.26. The molecule has 0 spiro atoms. The van der Waals surface area contributed by atoms with E-state index < -0.39 is 0 Å². The Hall–Kier alpha value is -2.48. The van der Waals surface area contributed by atoms with Crippen LogP contribution in [0.4, 0.5) is 0 Å². The number of halogens is 1. The van der Waals surface area contributed by atoms with Crippen LogP contribution < -0.4 is 4.74 Å². The zero-order chi connectivity index (χ0) is 14.8. The molecule has 0 aliphatic carbocycles. The van der Waals surface area contributed by atoms with Crippen LogP contribution in [-0.2, 0) is 6.61 Å². The Kier molecular flexibility index (Phi) is 3.53. The molecule has 1 heterocycles. The number of furan rings is 1. The van der Waals surface area contributed by atoms with Crippen molar-refractivity contribution in [3.05, 3.63) is 58.8 Å². The molecule has 0 atom stereocenters. The number of aliphatic hydroxyl groups excluding tert-OH is 1. The number of benzene rings is 2. The summed E-state index contributed by atoms with van der Waals surface area (Å²) in [5, 5.41) is 19.4. The van der Waals surface area contributed by atoms with Gasteiger partial charge in [0.05, 0.1) is 12.0 Å². The van der Waals surface area contributed by atoms with Crippen LogP contribution in [0.2, 0.25) is 5.02 Å². The minimum atomic E-state index is -0.142. The first-order chi connectivity index (χ1) is 10.2. The van der Waals surface area contributed by atoms with Crippen LogP contribution in [0.1, 0.15) is 11.3 Å². The molecule has 0 radical (unpaired) electrons. The first-order valence-electron chi connectivity index (χ1n) is 6.21. The number of nitrogens with zero attached hydrogens (tertiary/aromatic N) is 1. The van der Waals surface area contributed by atoms with Gasteiger partial charge in [-0.25, -0.2) is 0 Å². The summed E-state index contributed by atoms with van der Waals surface area (Å²) in [6.45, 7) is -0.142. The number of aliphatic hydroxyl groups is 1. The highest BCUT2D eigenvalue weighted by Crippen LogP contribution is 2.36. The summed E-state index contributed by atoms with van der Waals surface area (Å²) in [5.41, 5.74) is 1.20. The minimum Gasteiger partial charge on any atom is -0.452 e. The lowest BCUT2D eigenvalue weighted by Gasteiger charge is -2.06. The molecule has 0 bridgehead atoms. The smallest absolute Gasteiger partial charge is 0.247 e. The van der Waals surface area contributed by atoms with Crippen molar-refractivity contribution in [2.75, 3.05) is 0 Å². The van der Waals surface area contributed by atoms with Gasteiger partial charge in [0, 0.05) is 5.02 Å². The average Bonchev–Trinajstić information content (AvgIpc) is 2.86. The Morgan fingerprint density at radius 3 is 2.76 bits per heavy atom. The molecule has 0 amide bonds. The van der Waals surface area contributed by atoms with Crippen LogP contribution in [0.5, 0.6) is 11.5 Å². The quantitative estimate of drug-likeness (QED) is 0.785. The summed E-state index contributed by atoms with van der Waals surface area (Å²) < 4.78 is 11.2. The molecule has 0 saturated heterocycles. The molecule has 0 aliphatic heterocycles. The second-order valence-corrected chi connectivity index (χ2v) is 4.79. The molecule has 0 fully saturated rings. The molecule has 0 unspecified atom stereocenters. The van der Waals surface area contributed by atoms with Crippen molar-refractivity contribution in [1.29, 1.82) is 5.26 Å². The molecule has 3 aromatic rings.